The number of halogens is 1. The summed E-state index contributed by atoms with van der Waals surface area (Å²) in [6, 6.07) is 9.04. The van der Waals surface area contributed by atoms with Crippen molar-refractivity contribution in [2.24, 2.45) is 0 Å². The molecule has 0 amide bonds. The van der Waals surface area contributed by atoms with Gasteiger partial charge in [-0.2, -0.15) is 0 Å². The van der Waals surface area contributed by atoms with E-state index in [1.54, 1.807) is 17.7 Å². The third-order valence-corrected chi connectivity index (χ3v) is 3.89. The van der Waals surface area contributed by atoms with Crippen molar-refractivity contribution in [1.82, 2.24) is 9.55 Å². The first-order chi connectivity index (χ1) is 8.69. The number of nitrogens with one attached hydrogen (secondary N) is 1. The maximum absolute atomic E-state index is 12.0. The fourth-order valence-corrected chi connectivity index (χ4v) is 2.90. The topological polar surface area (TPSA) is 47.0 Å². The van der Waals surface area contributed by atoms with Crippen LogP contribution >= 0.6 is 22.9 Å². The van der Waals surface area contributed by atoms with Crippen molar-refractivity contribution >= 4 is 34.0 Å². The second kappa shape index (κ2) is 4.19. The lowest BCUT2D eigenvalue weighted by atomic mass is 10.3. The molecule has 0 bridgehead atoms. The second-order valence-corrected chi connectivity index (χ2v) is 5.42. The van der Waals surface area contributed by atoms with E-state index in [0.29, 0.717) is 10.1 Å². The van der Waals surface area contributed by atoms with Gasteiger partial charge in [0.2, 0.25) is 0 Å². The molecule has 0 spiro atoms. The Bertz CT molecular complexity index is 772. The minimum Gasteiger partial charge on any atom is -0.497 e. The van der Waals surface area contributed by atoms with Gasteiger partial charge in [-0.25, -0.2) is 4.79 Å². The number of thiophene rings is 1. The summed E-state index contributed by atoms with van der Waals surface area (Å²) in [7, 11) is 1.60. The molecule has 0 aliphatic heterocycles. The van der Waals surface area contributed by atoms with Crippen molar-refractivity contribution in [1.29, 1.82) is 0 Å². The third-order valence-electron chi connectivity index (χ3n) is 2.67. The lowest BCUT2D eigenvalue weighted by Crippen LogP contribution is -2.13. The van der Waals surface area contributed by atoms with E-state index in [9.17, 15) is 4.79 Å². The van der Waals surface area contributed by atoms with Crippen LogP contribution in [0.5, 0.6) is 5.75 Å². The number of rotatable bonds is 2. The molecule has 92 valence electrons. The Morgan fingerprint density at radius 3 is 2.83 bits per heavy atom. The molecule has 0 atom stereocenters. The van der Waals surface area contributed by atoms with Gasteiger partial charge < -0.3 is 9.72 Å². The Balaban J connectivity index is 2.33. The van der Waals surface area contributed by atoms with Gasteiger partial charge in [0, 0.05) is 6.07 Å². The first-order valence-electron chi connectivity index (χ1n) is 5.23. The van der Waals surface area contributed by atoms with E-state index in [2.05, 4.69) is 4.98 Å². The predicted octanol–water partition coefficient (Wildman–Crippen LogP) is 3.04. The van der Waals surface area contributed by atoms with Crippen molar-refractivity contribution in [3.05, 3.63) is 45.2 Å². The van der Waals surface area contributed by atoms with Crippen LogP contribution < -0.4 is 10.4 Å². The number of H-pyrrole nitrogens is 1. The van der Waals surface area contributed by atoms with Gasteiger partial charge in [-0.3, -0.25) is 4.57 Å². The molecular weight excluding hydrogens is 272 g/mol. The molecule has 0 unspecified atom stereocenters. The fourth-order valence-electron chi connectivity index (χ4n) is 1.85. The highest BCUT2D eigenvalue weighted by molar-refractivity contribution is 7.18. The largest absolute Gasteiger partial charge is 0.497 e. The molecule has 2 heterocycles. The van der Waals surface area contributed by atoms with Crippen LogP contribution in [0.2, 0.25) is 4.34 Å². The summed E-state index contributed by atoms with van der Waals surface area (Å²) in [6.45, 7) is 0. The SMILES string of the molecule is COc1ccc2[nH]c(=O)n(-c3ccc(Cl)s3)c2c1. The second-order valence-electron chi connectivity index (χ2n) is 3.73. The molecule has 3 rings (SSSR count). The highest BCUT2D eigenvalue weighted by Crippen LogP contribution is 2.27. The summed E-state index contributed by atoms with van der Waals surface area (Å²) in [5.74, 6) is 0.706. The Hall–Kier alpha value is -1.72. The van der Waals surface area contributed by atoms with E-state index in [1.165, 1.54) is 11.3 Å². The zero-order valence-corrected chi connectivity index (χ0v) is 11.0. The monoisotopic (exact) mass is 280 g/mol. The Kier molecular flexibility index (Phi) is 2.65. The van der Waals surface area contributed by atoms with Crippen LogP contribution in [-0.4, -0.2) is 16.7 Å². The number of hydrogen-bond donors (Lipinski definition) is 1. The van der Waals surface area contributed by atoms with Crippen LogP contribution in [0.25, 0.3) is 16.0 Å². The highest BCUT2D eigenvalue weighted by atomic mass is 35.5. The molecule has 3 aromatic rings. The molecule has 4 nitrogen and oxygen atoms in total. The van der Waals surface area contributed by atoms with Gasteiger partial charge in [-0.1, -0.05) is 11.6 Å². The Morgan fingerprint density at radius 2 is 2.17 bits per heavy atom. The van der Waals surface area contributed by atoms with Crippen molar-refractivity contribution in [3.63, 3.8) is 0 Å². The van der Waals surface area contributed by atoms with Gasteiger partial charge in [0.25, 0.3) is 0 Å². The third kappa shape index (κ3) is 1.72. The maximum Gasteiger partial charge on any atom is 0.331 e. The minimum atomic E-state index is -0.184. The summed E-state index contributed by atoms with van der Waals surface area (Å²) in [4.78, 5) is 14.8. The molecular formula is C12H9ClN2O2S. The highest BCUT2D eigenvalue weighted by Gasteiger charge is 2.11. The zero-order valence-electron chi connectivity index (χ0n) is 9.44. The van der Waals surface area contributed by atoms with Crippen molar-refractivity contribution < 1.29 is 4.74 Å². The molecule has 1 aromatic carbocycles. The molecule has 0 aliphatic carbocycles. The van der Waals surface area contributed by atoms with Gasteiger partial charge in [-0.05, 0) is 24.3 Å². The van der Waals surface area contributed by atoms with Gasteiger partial charge >= 0.3 is 5.69 Å². The van der Waals surface area contributed by atoms with E-state index in [1.807, 2.05) is 24.3 Å². The van der Waals surface area contributed by atoms with E-state index in [0.717, 1.165) is 16.0 Å². The lowest BCUT2D eigenvalue weighted by molar-refractivity contribution is 0.415. The van der Waals surface area contributed by atoms with Crippen LogP contribution in [-0.2, 0) is 0 Å². The van der Waals surface area contributed by atoms with Crippen LogP contribution in [0, 0.1) is 0 Å². The number of aromatic nitrogens is 2. The van der Waals surface area contributed by atoms with Crippen molar-refractivity contribution in [2.75, 3.05) is 7.11 Å². The van der Waals surface area contributed by atoms with E-state index < -0.39 is 0 Å². The van der Waals surface area contributed by atoms with E-state index in [-0.39, 0.29) is 5.69 Å². The molecule has 1 N–H and O–H groups in total. The van der Waals surface area contributed by atoms with Crippen LogP contribution in [0.3, 0.4) is 0 Å². The van der Waals surface area contributed by atoms with E-state index in [4.69, 9.17) is 16.3 Å². The van der Waals surface area contributed by atoms with Crippen LogP contribution in [0.15, 0.2) is 35.1 Å². The summed E-state index contributed by atoms with van der Waals surface area (Å²) in [6.07, 6.45) is 0. The molecule has 0 radical (unpaired) electrons. The summed E-state index contributed by atoms with van der Waals surface area (Å²) in [5.41, 5.74) is 1.36. The van der Waals surface area contributed by atoms with Crippen LogP contribution in [0.1, 0.15) is 0 Å². The van der Waals surface area contributed by atoms with Gasteiger partial charge in [0.1, 0.15) is 10.8 Å². The number of fused-ring (bicyclic) bond motifs is 1. The minimum absolute atomic E-state index is 0.184. The number of imidazole rings is 1. The Labute approximate surface area is 111 Å². The first kappa shape index (κ1) is 11.4. The summed E-state index contributed by atoms with van der Waals surface area (Å²) in [5, 5.41) is 0.782. The molecule has 0 fully saturated rings. The van der Waals surface area contributed by atoms with Gasteiger partial charge in [0.05, 0.1) is 22.5 Å². The fraction of sp³-hybridized carbons (Fsp3) is 0.0833. The summed E-state index contributed by atoms with van der Waals surface area (Å²) >= 11 is 7.26. The number of ether oxygens (including phenoxy) is 1. The molecule has 0 aliphatic rings. The average Bonchev–Trinajstić information content (AvgIpc) is 2.90. The zero-order chi connectivity index (χ0) is 12.7. The van der Waals surface area contributed by atoms with Crippen molar-refractivity contribution in [3.8, 4) is 10.8 Å². The maximum atomic E-state index is 12.0. The molecule has 0 saturated carbocycles. The van der Waals surface area contributed by atoms with Crippen LogP contribution in [0.4, 0.5) is 0 Å². The normalized spacial score (nSPS) is 11.0. The smallest absolute Gasteiger partial charge is 0.331 e. The quantitative estimate of drug-likeness (QED) is 0.784. The lowest BCUT2D eigenvalue weighted by Gasteiger charge is -2.01. The number of methoxy groups -OCH3 is 1. The standard InChI is InChI=1S/C12H9ClN2O2S/c1-17-7-2-3-8-9(6-7)15(12(16)14-8)11-5-4-10(13)18-11/h2-6H,1H3,(H,14,16). The molecule has 0 saturated heterocycles. The predicted molar refractivity (Wildman–Crippen MR) is 73.3 cm³/mol. The van der Waals surface area contributed by atoms with Crippen molar-refractivity contribution in [2.45, 2.75) is 0 Å². The molecule has 18 heavy (non-hydrogen) atoms. The number of benzene rings is 1. The van der Waals surface area contributed by atoms with E-state index >= 15 is 0 Å². The first-order valence-corrected chi connectivity index (χ1v) is 6.43. The average molecular weight is 281 g/mol. The van der Waals surface area contributed by atoms with Gasteiger partial charge in [-0.15, -0.1) is 11.3 Å². The van der Waals surface area contributed by atoms with Gasteiger partial charge in [0.15, 0.2) is 0 Å². The molecule has 2 aromatic heterocycles. The Morgan fingerprint density at radius 1 is 1.33 bits per heavy atom. The number of hydrogen-bond acceptors (Lipinski definition) is 3. The molecule has 6 heteroatoms. The number of nitrogens with zero attached hydrogens (tertiary/aromatic N) is 1. The number of aromatic amines is 1. The summed E-state index contributed by atoms with van der Waals surface area (Å²) < 4.78 is 7.41.